The predicted molar refractivity (Wildman–Crippen MR) is 70.7 cm³/mol. The summed E-state index contributed by atoms with van der Waals surface area (Å²) in [5.74, 6) is 0.232. The van der Waals surface area contributed by atoms with Crippen LogP contribution in [-0.4, -0.2) is 12.1 Å². The highest BCUT2D eigenvalue weighted by Gasteiger charge is 2.33. The quantitative estimate of drug-likeness (QED) is 0.544. The molecule has 0 aromatic rings. The largest absolute Gasteiger partial charge is 0.458 e. The standard InChI is InChI=1S/C15H26O2/c1-6-7-8-9-13-11(2)10-12(14(16)17-13)15(3,4)5/h10-11,13H,6-9H2,1-5H3. The van der Waals surface area contributed by atoms with Crippen molar-refractivity contribution in [3.05, 3.63) is 11.6 Å². The van der Waals surface area contributed by atoms with Gasteiger partial charge < -0.3 is 4.74 Å². The molecule has 1 rings (SSSR count). The fourth-order valence-corrected chi connectivity index (χ4v) is 2.22. The third kappa shape index (κ3) is 3.86. The van der Waals surface area contributed by atoms with Crippen molar-refractivity contribution in [2.75, 3.05) is 0 Å². The van der Waals surface area contributed by atoms with E-state index >= 15 is 0 Å². The first-order valence-corrected chi connectivity index (χ1v) is 6.79. The molecular weight excluding hydrogens is 212 g/mol. The first kappa shape index (κ1) is 14.3. The van der Waals surface area contributed by atoms with E-state index in [0.29, 0.717) is 5.92 Å². The molecule has 1 heterocycles. The number of hydrogen-bond donors (Lipinski definition) is 0. The van der Waals surface area contributed by atoms with Crippen molar-refractivity contribution in [3.63, 3.8) is 0 Å². The van der Waals surface area contributed by atoms with Crippen LogP contribution in [0.15, 0.2) is 11.6 Å². The molecule has 0 spiro atoms. The van der Waals surface area contributed by atoms with Gasteiger partial charge in [-0.25, -0.2) is 4.79 Å². The number of unbranched alkanes of at least 4 members (excludes halogenated alkanes) is 2. The van der Waals surface area contributed by atoms with Gasteiger partial charge in [0.1, 0.15) is 6.10 Å². The van der Waals surface area contributed by atoms with Gasteiger partial charge in [0.05, 0.1) is 0 Å². The van der Waals surface area contributed by atoms with Gasteiger partial charge in [-0.15, -0.1) is 0 Å². The molecule has 0 aromatic carbocycles. The van der Waals surface area contributed by atoms with Crippen LogP contribution in [0.5, 0.6) is 0 Å². The van der Waals surface area contributed by atoms with Crippen molar-refractivity contribution in [3.8, 4) is 0 Å². The summed E-state index contributed by atoms with van der Waals surface area (Å²) in [5, 5.41) is 0. The van der Waals surface area contributed by atoms with Crippen molar-refractivity contribution in [2.24, 2.45) is 11.3 Å². The second kappa shape index (κ2) is 5.70. The Morgan fingerprint density at radius 2 is 1.94 bits per heavy atom. The molecule has 2 atom stereocenters. The minimum atomic E-state index is -0.114. The van der Waals surface area contributed by atoms with Gasteiger partial charge in [-0.05, 0) is 18.3 Å². The molecule has 0 saturated heterocycles. The van der Waals surface area contributed by atoms with Crippen molar-refractivity contribution < 1.29 is 9.53 Å². The number of carbonyl (C=O) groups is 1. The lowest BCUT2D eigenvalue weighted by Gasteiger charge is -2.32. The lowest BCUT2D eigenvalue weighted by atomic mass is 9.81. The first-order valence-electron chi connectivity index (χ1n) is 6.79. The summed E-state index contributed by atoms with van der Waals surface area (Å²) in [6.07, 6.45) is 6.77. The zero-order valence-electron chi connectivity index (χ0n) is 11.9. The van der Waals surface area contributed by atoms with Crippen LogP contribution in [0.3, 0.4) is 0 Å². The second-order valence-electron chi connectivity index (χ2n) is 6.13. The number of cyclic esters (lactones) is 1. The molecule has 2 heteroatoms. The van der Waals surface area contributed by atoms with E-state index < -0.39 is 0 Å². The maximum Gasteiger partial charge on any atom is 0.334 e. The molecule has 2 unspecified atom stereocenters. The van der Waals surface area contributed by atoms with Gasteiger partial charge in [-0.3, -0.25) is 0 Å². The van der Waals surface area contributed by atoms with Crippen LogP contribution in [0, 0.1) is 11.3 Å². The number of rotatable bonds is 4. The fraction of sp³-hybridized carbons (Fsp3) is 0.800. The molecule has 0 amide bonds. The molecule has 1 aliphatic rings. The molecule has 0 saturated carbocycles. The number of ether oxygens (including phenoxy) is 1. The molecule has 0 fully saturated rings. The molecule has 1 aliphatic heterocycles. The van der Waals surface area contributed by atoms with Crippen LogP contribution in [0.4, 0.5) is 0 Å². The topological polar surface area (TPSA) is 26.3 Å². The molecule has 0 aromatic heterocycles. The molecule has 2 nitrogen and oxygen atoms in total. The summed E-state index contributed by atoms with van der Waals surface area (Å²) in [4.78, 5) is 11.9. The van der Waals surface area contributed by atoms with Gasteiger partial charge in [-0.2, -0.15) is 0 Å². The van der Waals surface area contributed by atoms with Crippen molar-refractivity contribution >= 4 is 5.97 Å². The Morgan fingerprint density at radius 1 is 1.29 bits per heavy atom. The Labute approximate surface area is 105 Å². The van der Waals surface area contributed by atoms with Gasteiger partial charge in [0.2, 0.25) is 0 Å². The van der Waals surface area contributed by atoms with Crippen molar-refractivity contribution in [2.45, 2.75) is 66.4 Å². The summed E-state index contributed by atoms with van der Waals surface area (Å²) in [6.45, 7) is 10.5. The summed E-state index contributed by atoms with van der Waals surface area (Å²) >= 11 is 0. The maximum absolute atomic E-state index is 11.9. The Kier molecular flexibility index (Phi) is 4.79. The minimum absolute atomic E-state index is 0.0835. The maximum atomic E-state index is 11.9. The van der Waals surface area contributed by atoms with E-state index in [9.17, 15) is 4.79 Å². The number of esters is 1. The van der Waals surface area contributed by atoms with E-state index in [2.05, 4.69) is 40.7 Å². The number of hydrogen-bond acceptors (Lipinski definition) is 2. The van der Waals surface area contributed by atoms with E-state index in [4.69, 9.17) is 4.74 Å². The highest BCUT2D eigenvalue weighted by molar-refractivity contribution is 5.90. The Balaban J connectivity index is 2.67. The normalized spacial score (nSPS) is 25.5. The summed E-state index contributed by atoms with van der Waals surface area (Å²) in [6, 6.07) is 0. The lowest BCUT2D eigenvalue weighted by Crippen LogP contribution is -2.34. The van der Waals surface area contributed by atoms with Gasteiger partial charge in [0.15, 0.2) is 0 Å². The van der Waals surface area contributed by atoms with Crippen LogP contribution < -0.4 is 0 Å². The van der Waals surface area contributed by atoms with Crippen molar-refractivity contribution in [1.82, 2.24) is 0 Å². The lowest BCUT2D eigenvalue weighted by molar-refractivity contribution is -0.149. The Bertz CT molecular complexity index is 297. The van der Waals surface area contributed by atoms with Crippen LogP contribution in [0.25, 0.3) is 0 Å². The molecule has 17 heavy (non-hydrogen) atoms. The molecule has 0 bridgehead atoms. The average molecular weight is 238 g/mol. The summed E-state index contributed by atoms with van der Waals surface area (Å²) < 4.78 is 5.58. The van der Waals surface area contributed by atoms with Crippen LogP contribution in [-0.2, 0) is 9.53 Å². The highest BCUT2D eigenvalue weighted by Crippen LogP contribution is 2.33. The van der Waals surface area contributed by atoms with Crippen molar-refractivity contribution in [1.29, 1.82) is 0 Å². The summed E-state index contributed by atoms with van der Waals surface area (Å²) in [7, 11) is 0. The molecule has 0 aliphatic carbocycles. The van der Waals surface area contributed by atoms with Gasteiger partial charge >= 0.3 is 5.97 Å². The van der Waals surface area contributed by atoms with Crippen LogP contribution >= 0.6 is 0 Å². The third-order valence-corrected chi connectivity index (χ3v) is 3.39. The smallest absolute Gasteiger partial charge is 0.334 e. The molecule has 98 valence electrons. The van der Waals surface area contributed by atoms with E-state index in [1.54, 1.807) is 0 Å². The predicted octanol–water partition coefficient (Wildman–Crippen LogP) is 4.10. The monoisotopic (exact) mass is 238 g/mol. The van der Waals surface area contributed by atoms with E-state index in [1.165, 1.54) is 12.8 Å². The minimum Gasteiger partial charge on any atom is -0.458 e. The SMILES string of the molecule is CCCCCC1OC(=O)C(C(C)(C)C)=CC1C. The molecule has 0 radical (unpaired) electrons. The molecule has 0 N–H and O–H groups in total. The zero-order valence-corrected chi connectivity index (χ0v) is 11.9. The molecular formula is C15H26O2. The van der Waals surface area contributed by atoms with E-state index in [-0.39, 0.29) is 17.5 Å². The third-order valence-electron chi connectivity index (χ3n) is 3.39. The number of carbonyl (C=O) groups excluding carboxylic acids is 1. The highest BCUT2D eigenvalue weighted by atomic mass is 16.5. The van der Waals surface area contributed by atoms with Gasteiger partial charge in [0, 0.05) is 11.5 Å². The Hall–Kier alpha value is -0.790. The first-order chi connectivity index (χ1) is 7.86. The van der Waals surface area contributed by atoms with E-state index in [1.807, 2.05) is 0 Å². The fourth-order valence-electron chi connectivity index (χ4n) is 2.22. The summed E-state index contributed by atoms with van der Waals surface area (Å²) in [5.41, 5.74) is 0.719. The van der Waals surface area contributed by atoms with E-state index in [0.717, 1.165) is 18.4 Å². The Morgan fingerprint density at radius 3 is 2.47 bits per heavy atom. The zero-order chi connectivity index (χ0) is 13.1. The second-order valence-corrected chi connectivity index (χ2v) is 6.13. The average Bonchev–Trinajstić information content (AvgIpc) is 2.21. The van der Waals surface area contributed by atoms with Gasteiger partial charge in [-0.1, -0.05) is 53.5 Å². The van der Waals surface area contributed by atoms with Crippen LogP contribution in [0.2, 0.25) is 0 Å². The van der Waals surface area contributed by atoms with Gasteiger partial charge in [0.25, 0.3) is 0 Å². The van der Waals surface area contributed by atoms with Crippen LogP contribution in [0.1, 0.15) is 60.3 Å².